The van der Waals surface area contributed by atoms with Crippen LogP contribution >= 0.6 is 8.25 Å². The average Bonchev–Trinajstić information content (AvgIpc) is 3.05. The lowest BCUT2D eigenvalue weighted by Crippen LogP contribution is -2.50. The number of rotatable bonds is 7. The van der Waals surface area contributed by atoms with Crippen molar-refractivity contribution in [2.45, 2.75) is 111 Å². The summed E-state index contributed by atoms with van der Waals surface area (Å²) < 4.78 is 16.6. The minimum absolute atomic E-state index is 0.0522. The highest BCUT2D eigenvalue weighted by atomic mass is 31.1. The van der Waals surface area contributed by atoms with Crippen LogP contribution in [0, 0.1) is 46.3 Å². The van der Waals surface area contributed by atoms with Gasteiger partial charge in [-0.3, -0.25) is 4.57 Å². The molecule has 2 unspecified atom stereocenters. The molecule has 0 aromatic carbocycles. The number of hydrogen-bond donors (Lipinski definition) is 1. The summed E-state index contributed by atoms with van der Waals surface area (Å²) >= 11 is 0. The first-order chi connectivity index (χ1) is 14.6. The summed E-state index contributed by atoms with van der Waals surface area (Å²) in [7, 11) is -2.84. The minimum Gasteiger partial charge on any atom is -0.326 e. The van der Waals surface area contributed by atoms with Crippen LogP contribution in [0.4, 0.5) is 0 Å². The molecule has 4 aliphatic carbocycles. The molecular weight excluding hydrogens is 403 g/mol. The lowest BCUT2D eigenvalue weighted by Gasteiger charge is -2.58. The molecule has 4 rings (SSSR count). The van der Waals surface area contributed by atoms with Crippen LogP contribution in [0.25, 0.3) is 0 Å². The van der Waals surface area contributed by atoms with Crippen molar-refractivity contribution in [2.75, 3.05) is 0 Å². The van der Waals surface area contributed by atoms with Gasteiger partial charge in [-0.2, -0.15) is 0 Å². The molecule has 3 fully saturated rings. The second-order valence-corrected chi connectivity index (χ2v) is 13.3. The molecule has 0 spiro atoms. The Morgan fingerprint density at radius 2 is 1.87 bits per heavy atom. The zero-order valence-electron chi connectivity index (χ0n) is 20.7. The summed E-state index contributed by atoms with van der Waals surface area (Å²) in [6.07, 6.45) is 16.5. The molecule has 0 saturated heterocycles. The third kappa shape index (κ3) is 4.50. The number of hydrogen-bond acceptors (Lipinski definition) is 2. The van der Waals surface area contributed by atoms with Crippen molar-refractivity contribution in [1.82, 2.24) is 0 Å². The van der Waals surface area contributed by atoms with Crippen LogP contribution in [0.1, 0.15) is 105 Å². The van der Waals surface area contributed by atoms with Gasteiger partial charge >= 0.3 is 8.25 Å². The van der Waals surface area contributed by atoms with E-state index in [1.165, 1.54) is 56.9 Å². The topological polar surface area (TPSA) is 46.5 Å². The summed E-state index contributed by atoms with van der Waals surface area (Å²) in [5.41, 5.74) is 2.36. The second-order valence-electron chi connectivity index (χ2n) is 12.5. The molecule has 0 aromatic rings. The van der Waals surface area contributed by atoms with E-state index < -0.39 is 8.25 Å². The van der Waals surface area contributed by atoms with Crippen molar-refractivity contribution in [2.24, 2.45) is 46.3 Å². The molecule has 31 heavy (non-hydrogen) atoms. The van der Waals surface area contributed by atoms with Gasteiger partial charge in [-0.1, -0.05) is 65.5 Å². The smallest absolute Gasteiger partial charge is 0.316 e. The van der Waals surface area contributed by atoms with Crippen LogP contribution in [-0.4, -0.2) is 11.0 Å². The van der Waals surface area contributed by atoms with Crippen LogP contribution in [0.15, 0.2) is 11.6 Å². The van der Waals surface area contributed by atoms with Gasteiger partial charge < -0.3 is 9.42 Å². The Morgan fingerprint density at radius 1 is 1.10 bits per heavy atom. The molecule has 4 heteroatoms. The van der Waals surface area contributed by atoms with Gasteiger partial charge in [0.15, 0.2) is 0 Å². The number of fused-ring (bicyclic) bond motifs is 5. The summed E-state index contributed by atoms with van der Waals surface area (Å²) in [6, 6.07) is 0. The highest BCUT2D eigenvalue weighted by Crippen LogP contribution is 2.67. The van der Waals surface area contributed by atoms with Crippen LogP contribution in [0.2, 0.25) is 0 Å². The first-order valence-corrected chi connectivity index (χ1v) is 14.5. The van der Waals surface area contributed by atoms with E-state index >= 15 is 0 Å². The molecular formula is C27H47O3P. The highest BCUT2D eigenvalue weighted by Gasteiger charge is 2.59. The van der Waals surface area contributed by atoms with E-state index in [1.807, 2.05) is 0 Å². The van der Waals surface area contributed by atoms with E-state index in [9.17, 15) is 9.46 Å². The van der Waals surface area contributed by atoms with E-state index in [4.69, 9.17) is 4.52 Å². The fourth-order valence-electron chi connectivity index (χ4n) is 8.90. The van der Waals surface area contributed by atoms with E-state index in [2.05, 4.69) is 40.7 Å². The molecule has 0 aliphatic heterocycles. The second kappa shape index (κ2) is 9.27. The molecule has 9 atom stereocenters. The fraction of sp³-hybridized carbons (Fsp3) is 0.926. The molecule has 3 nitrogen and oxygen atoms in total. The molecule has 0 heterocycles. The molecule has 178 valence electrons. The molecule has 0 aromatic heterocycles. The van der Waals surface area contributed by atoms with Gasteiger partial charge in [0.05, 0.1) is 6.10 Å². The van der Waals surface area contributed by atoms with Gasteiger partial charge in [-0.25, -0.2) is 0 Å². The molecule has 0 radical (unpaired) electrons. The molecule has 4 aliphatic rings. The van der Waals surface area contributed by atoms with E-state index in [-0.39, 0.29) is 11.5 Å². The summed E-state index contributed by atoms with van der Waals surface area (Å²) in [5, 5.41) is 0. The molecule has 0 bridgehead atoms. The SMILES string of the molecule is CC(C)CCC[C@@H](C)[C@H]1CC[C@H]2[C@@H]3CC=C4CC(O[PH](=O)O)CC[C@]4(C)[C@H]3CC[C@]12C. The van der Waals surface area contributed by atoms with Crippen molar-refractivity contribution in [1.29, 1.82) is 0 Å². The Hall–Kier alpha value is -0.110. The van der Waals surface area contributed by atoms with Gasteiger partial charge in [-0.05, 0) is 97.7 Å². The molecule has 0 amide bonds. The summed E-state index contributed by atoms with van der Waals surface area (Å²) in [6.45, 7) is 12.4. The Bertz CT molecular complexity index is 703. The van der Waals surface area contributed by atoms with Crippen molar-refractivity contribution < 1.29 is 14.0 Å². The zero-order chi connectivity index (χ0) is 22.4. The summed E-state index contributed by atoms with van der Waals surface area (Å²) in [4.78, 5) is 9.24. The standard InChI is InChI=1S/C27H47O3P/c1-18(2)7-6-8-19(3)23-11-12-24-22-10-9-20-17-21(30-31(28)29)13-15-26(20,4)25(22)14-16-27(23,24)5/h9,18-19,21-25,31H,6-8,10-17H2,1-5H3,(H,28,29)/t19-,21?,22+,23-,24+,25+,26+,27-/m1/s1. The molecule has 1 N–H and O–H groups in total. The highest BCUT2D eigenvalue weighted by molar-refractivity contribution is 7.32. The Morgan fingerprint density at radius 3 is 2.58 bits per heavy atom. The Balaban J connectivity index is 1.47. The van der Waals surface area contributed by atoms with Gasteiger partial charge in [-0.15, -0.1) is 0 Å². The van der Waals surface area contributed by atoms with Gasteiger partial charge in [0.1, 0.15) is 0 Å². The lowest BCUT2D eigenvalue weighted by atomic mass is 9.47. The maximum absolute atomic E-state index is 11.2. The van der Waals surface area contributed by atoms with Gasteiger partial charge in [0.2, 0.25) is 0 Å². The van der Waals surface area contributed by atoms with Crippen LogP contribution in [0.5, 0.6) is 0 Å². The van der Waals surface area contributed by atoms with Crippen LogP contribution < -0.4 is 0 Å². The van der Waals surface area contributed by atoms with Crippen LogP contribution in [0.3, 0.4) is 0 Å². The third-order valence-corrected chi connectivity index (χ3v) is 11.1. The normalized spacial score (nSPS) is 44.2. The summed E-state index contributed by atoms with van der Waals surface area (Å²) in [5.74, 6) is 5.14. The largest absolute Gasteiger partial charge is 0.326 e. The maximum atomic E-state index is 11.2. The minimum atomic E-state index is -2.84. The Labute approximate surface area is 191 Å². The van der Waals surface area contributed by atoms with Crippen molar-refractivity contribution in [3.63, 3.8) is 0 Å². The molecule has 3 saturated carbocycles. The van der Waals surface area contributed by atoms with Gasteiger partial charge in [0.25, 0.3) is 0 Å². The third-order valence-electron chi connectivity index (χ3n) is 10.5. The van der Waals surface area contributed by atoms with Crippen molar-refractivity contribution in [3.8, 4) is 0 Å². The Kier molecular flexibility index (Phi) is 7.18. The van der Waals surface area contributed by atoms with Crippen LogP contribution in [-0.2, 0) is 9.09 Å². The maximum Gasteiger partial charge on any atom is 0.316 e. The zero-order valence-corrected chi connectivity index (χ0v) is 21.7. The predicted molar refractivity (Wildman–Crippen MR) is 129 cm³/mol. The van der Waals surface area contributed by atoms with Crippen molar-refractivity contribution >= 4 is 8.25 Å². The van der Waals surface area contributed by atoms with E-state index in [0.717, 1.165) is 54.8 Å². The average molecular weight is 451 g/mol. The van der Waals surface area contributed by atoms with E-state index in [1.54, 1.807) is 0 Å². The quantitative estimate of drug-likeness (QED) is 0.318. The fourth-order valence-corrected chi connectivity index (χ4v) is 9.38. The van der Waals surface area contributed by atoms with Gasteiger partial charge in [0, 0.05) is 0 Å². The monoisotopic (exact) mass is 450 g/mol. The first-order valence-electron chi connectivity index (χ1n) is 13.2. The predicted octanol–water partition coefficient (Wildman–Crippen LogP) is 7.80. The first kappa shape index (κ1) is 24.0. The number of allylic oxidation sites excluding steroid dienone is 1. The van der Waals surface area contributed by atoms with E-state index in [0.29, 0.717) is 5.41 Å². The van der Waals surface area contributed by atoms with Crippen molar-refractivity contribution in [3.05, 3.63) is 11.6 Å². The lowest BCUT2D eigenvalue weighted by molar-refractivity contribution is -0.0560.